The van der Waals surface area contributed by atoms with Crippen molar-refractivity contribution in [2.75, 3.05) is 0 Å². The molecule has 2 heteroatoms. The number of aromatic nitrogens is 1. The van der Waals surface area contributed by atoms with Gasteiger partial charge in [0.15, 0.2) is 0 Å². The molecule has 154 valence electrons. The Hall–Kier alpha value is -3.78. The van der Waals surface area contributed by atoms with Crippen LogP contribution in [0.2, 0.25) is 0 Å². The molecule has 0 fully saturated rings. The lowest BCUT2D eigenvalue weighted by Gasteiger charge is -2.17. The maximum absolute atomic E-state index is 3.77. The van der Waals surface area contributed by atoms with E-state index in [1.807, 2.05) is 0 Å². The Morgan fingerprint density at radius 3 is 2.59 bits per heavy atom. The van der Waals surface area contributed by atoms with Crippen molar-refractivity contribution in [1.29, 1.82) is 0 Å². The van der Waals surface area contributed by atoms with E-state index in [4.69, 9.17) is 0 Å². The largest absolute Gasteiger partial charge is 0.378 e. The maximum Gasteiger partial charge on any atom is 0.0551 e. The van der Waals surface area contributed by atoms with E-state index in [1.165, 1.54) is 55.5 Å². The molecular formula is C30H24N2. The highest BCUT2D eigenvalue weighted by atomic mass is 15.0. The van der Waals surface area contributed by atoms with Crippen LogP contribution in [0, 0.1) is 0 Å². The summed E-state index contributed by atoms with van der Waals surface area (Å²) >= 11 is 0. The molecule has 2 nitrogen and oxygen atoms in total. The molecule has 2 heterocycles. The van der Waals surface area contributed by atoms with Gasteiger partial charge in [-0.2, -0.15) is 0 Å². The average molecular weight is 413 g/mol. The lowest BCUT2D eigenvalue weighted by atomic mass is 9.87. The zero-order valence-electron chi connectivity index (χ0n) is 17.9. The average Bonchev–Trinajstić information content (AvgIpc) is 3.39. The van der Waals surface area contributed by atoms with Crippen molar-refractivity contribution in [3.05, 3.63) is 120 Å². The maximum atomic E-state index is 3.77. The molecule has 1 aliphatic heterocycles. The normalized spacial score (nSPS) is 19.6. The number of nitrogens with zero attached hydrogens (tertiary/aromatic N) is 1. The molecule has 7 rings (SSSR count). The molecule has 4 aromatic rings. The lowest BCUT2D eigenvalue weighted by molar-refractivity contribution is 0.693. The van der Waals surface area contributed by atoms with Gasteiger partial charge >= 0.3 is 0 Å². The molecule has 0 spiro atoms. The lowest BCUT2D eigenvalue weighted by Crippen LogP contribution is -2.23. The van der Waals surface area contributed by atoms with Gasteiger partial charge in [-0.1, -0.05) is 60.7 Å². The standard InChI is InChI=1S/C30H24N2/c1-2-8-22(9-3-1)32-29-13-7-5-11-25(29)26-18-20(15-17-30(26)32)21-14-16-24-23-10-4-6-12-27(23)31-28(24)19-21/h1-11,13,15,17-19,27,31H,12,14,16H2. The van der Waals surface area contributed by atoms with Crippen LogP contribution in [0.3, 0.4) is 0 Å². The molecule has 0 bridgehead atoms. The molecule has 0 radical (unpaired) electrons. The zero-order chi connectivity index (χ0) is 21.1. The van der Waals surface area contributed by atoms with Crippen molar-refractivity contribution in [2.24, 2.45) is 0 Å². The molecule has 0 amide bonds. The van der Waals surface area contributed by atoms with Crippen molar-refractivity contribution in [3.63, 3.8) is 0 Å². The van der Waals surface area contributed by atoms with Crippen LogP contribution in [0.15, 0.2) is 114 Å². The molecule has 3 aromatic carbocycles. The molecule has 2 aliphatic carbocycles. The van der Waals surface area contributed by atoms with Gasteiger partial charge in [-0.25, -0.2) is 0 Å². The van der Waals surface area contributed by atoms with E-state index >= 15 is 0 Å². The van der Waals surface area contributed by atoms with Crippen molar-refractivity contribution < 1.29 is 0 Å². The summed E-state index contributed by atoms with van der Waals surface area (Å²) in [6.07, 6.45) is 12.5. The van der Waals surface area contributed by atoms with Crippen molar-refractivity contribution in [1.82, 2.24) is 9.88 Å². The van der Waals surface area contributed by atoms with Crippen molar-refractivity contribution in [3.8, 4) is 5.69 Å². The highest BCUT2D eigenvalue weighted by molar-refractivity contribution is 6.10. The van der Waals surface area contributed by atoms with Crippen molar-refractivity contribution in [2.45, 2.75) is 25.3 Å². The summed E-state index contributed by atoms with van der Waals surface area (Å²) in [7, 11) is 0. The number of allylic oxidation sites excluding steroid dienone is 4. The number of nitrogens with one attached hydrogen (secondary N) is 1. The van der Waals surface area contributed by atoms with E-state index in [0.29, 0.717) is 6.04 Å². The van der Waals surface area contributed by atoms with Crippen LogP contribution in [0.4, 0.5) is 0 Å². The predicted molar refractivity (Wildman–Crippen MR) is 134 cm³/mol. The molecule has 0 saturated carbocycles. The van der Waals surface area contributed by atoms with Gasteiger partial charge in [0.05, 0.1) is 17.1 Å². The zero-order valence-corrected chi connectivity index (χ0v) is 17.9. The SMILES string of the molecule is C1=CCC2NC3=C(CCC(c4ccc5c(c4)c4ccccc4n5-c4ccccc4)=C3)C2=C1. The fourth-order valence-corrected chi connectivity index (χ4v) is 5.68. The Bertz CT molecular complexity index is 1510. The van der Waals surface area contributed by atoms with Gasteiger partial charge in [0.25, 0.3) is 0 Å². The Morgan fingerprint density at radius 2 is 1.66 bits per heavy atom. The van der Waals surface area contributed by atoms with Gasteiger partial charge < -0.3 is 9.88 Å². The Balaban J connectivity index is 1.38. The predicted octanol–water partition coefficient (Wildman–Crippen LogP) is 7.07. The molecular weight excluding hydrogens is 388 g/mol. The second-order valence-corrected chi connectivity index (χ2v) is 8.96. The monoisotopic (exact) mass is 412 g/mol. The van der Waals surface area contributed by atoms with Crippen LogP contribution in [0.1, 0.15) is 24.8 Å². The summed E-state index contributed by atoms with van der Waals surface area (Å²) in [4.78, 5) is 0. The Morgan fingerprint density at radius 1 is 0.812 bits per heavy atom. The first-order valence-electron chi connectivity index (χ1n) is 11.5. The second-order valence-electron chi connectivity index (χ2n) is 8.96. The van der Waals surface area contributed by atoms with Gasteiger partial charge in [-0.15, -0.1) is 0 Å². The van der Waals surface area contributed by atoms with Crippen LogP contribution in [-0.2, 0) is 0 Å². The third-order valence-corrected chi connectivity index (χ3v) is 7.18. The van der Waals surface area contributed by atoms with E-state index in [0.717, 1.165) is 19.3 Å². The van der Waals surface area contributed by atoms with Crippen LogP contribution in [0.25, 0.3) is 33.1 Å². The number of para-hydroxylation sites is 2. The van der Waals surface area contributed by atoms with E-state index in [9.17, 15) is 0 Å². The van der Waals surface area contributed by atoms with Gasteiger partial charge in [0.2, 0.25) is 0 Å². The quantitative estimate of drug-likeness (QED) is 0.372. The first-order chi connectivity index (χ1) is 15.9. The minimum absolute atomic E-state index is 0.465. The number of benzene rings is 3. The summed E-state index contributed by atoms with van der Waals surface area (Å²) in [5.74, 6) is 0. The first kappa shape index (κ1) is 17.9. The van der Waals surface area contributed by atoms with E-state index in [1.54, 1.807) is 0 Å². The van der Waals surface area contributed by atoms with Gasteiger partial charge in [-0.05, 0) is 78.0 Å². The minimum atomic E-state index is 0.465. The summed E-state index contributed by atoms with van der Waals surface area (Å²) in [5.41, 5.74) is 10.8. The van der Waals surface area contributed by atoms with Crippen LogP contribution in [-0.4, -0.2) is 10.6 Å². The highest BCUT2D eigenvalue weighted by Gasteiger charge is 2.30. The van der Waals surface area contributed by atoms with E-state index in [2.05, 4.69) is 107 Å². The minimum Gasteiger partial charge on any atom is -0.378 e. The van der Waals surface area contributed by atoms with E-state index in [-0.39, 0.29) is 0 Å². The third kappa shape index (κ3) is 2.59. The molecule has 1 aromatic heterocycles. The Kier molecular flexibility index (Phi) is 3.83. The number of hydrogen-bond acceptors (Lipinski definition) is 1. The number of hydrogen-bond donors (Lipinski definition) is 1. The topological polar surface area (TPSA) is 17.0 Å². The fourth-order valence-electron chi connectivity index (χ4n) is 5.68. The Labute approximate surface area is 187 Å². The summed E-state index contributed by atoms with van der Waals surface area (Å²) in [5, 5.41) is 6.40. The van der Waals surface area contributed by atoms with Crippen molar-refractivity contribution >= 4 is 27.4 Å². The highest BCUT2D eigenvalue weighted by Crippen LogP contribution is 2.41. The molecule has 0 saturated heterocycles. The fraction of sp³-hybridized carbons (Fsp3) is 0.133. The van der Waals surface area contributed by atoms with Gasteiger partial charge in [0.1, 0.15) is 0 Å². The molecule has 1 unspecified atom stereocenters. The molecule has 3 aliphatic rings. The van der Waals surface area contributed by atoms with Gasteiger partial charge in [-0.3, -0.25) is 0 Å². The second kappa shape index (κ2) is 6.86. The van der Waals surface area contributed by atoms with Gasteiger partial charge in [0, 0.05) is 22.2 Å². The molecule has 1 N–H and O–H groups in total. The number of fused-ring (bicyclic) bond motifs is 5. The first-order valence-corrected chi connectivity index (χ1v) is 11.5. The third-order valence-electron chi connectivity index (χ3n) is 7.18. The van der Waals surface area contributed by atoms with Crippen LogP contribution >= 0.6 is 0 Å². The van der Waals surface area contributed by atoms with Crippen LogP contribution < -0.4 is 5.32 Å². The molecule has 32 heavy (non-hydrogen) atoms. The van der Waals surface area contributed by atoms with Crippen LogP contribution in [0.5, 0.6) is 0 Å². The smallest absolute Gasteiger partial charge is 0.0551 e. The number of rotatable bonds is 2. The summed E-state index contributed by atoms with van der Waals surface area (Å²) in [6.45, 7) is 0. The summed E-state index contributed by atoms with van der Waals surface area (Å²) in [6, 6.07) is 26.9. The van der Waals surface area contributed by atoms with E-state index < -0.39 is 0 Å². The summed E-state index contributed by atoms with van der Waals surface area (Å²) < 4.78 is 2.38. The molecule has 1 atom stereocenters.